The summed E-state index contributed by atoms with van der Waals surface area (Å²) in [6.07, 6.45) is 3.62. The highest BCUT2D eigenvalue weighted by Gasteiger charge is 2.42. The maximum Gasteiger partial charge on any atom is 0.311 e. The van der Waals surface area contributed by atoms with E-state index in [1.165, 1.54) is 0 Å². The Bertz CT molecular complexity index is 963. The van der Waals surface area contributed by atoms with Crippen molar-refractivity contribution < 1.29 is 14.6 Å². The second-order valence-corrected chi connectivity index (χ2v) is 7.24. The van der Waals surface area contributed by atoms with Gasteiger partial charge in [-0.05, 0) is 43.5 Å². The molecule has 6 nitrogen and oxygen atoms in total. The molecule has 1 fully saturated rings. The Morgan fingerprint density at radius 3 is 2.64 bits per heavy atom. The minimum absolute atomic E-state index is 0.369. The number of carboxylic acid groups (broad SMARTS) is 1. The first-order valence-corrected chi connectivity index (χ1v) is 9.54. The number of nitrogens with zero attached hydrogens (tertiary/aromatic N) is 3. The number of anilines is 1. The number of ether oxygens (including phenoxy) is 1. The van der Waals surface area contributed by atoms with E-state index in [9.17, 15) is 9.90 Å². The van der Waals surface area contributed by atoms with E-state index < -0.39 is 11.4 Å². The zero-order chi connectivity index (χ0) is 19.4. The van der Waals surface area contributed by atoms with E-state index in [0.717, 1.165) is 35.6 Å². The lowest BCUT2D eigenvalue weighted by atomic mass is 9.77. The van der Waals surface area contributed by atoms with Crippen LogP contribution in [0.1, 0.15) is 19.3 Å². The molecule has 1 unspecified atom stereocenters. The van der Waals surface area contributed by atoms with Gasteiger partial charge in [-0.3, -0.25) is 9.78 Å². The van der Waals surface area contributed by atoms with Crippen molar-refractivity contribution in [1.82, 2.24) is 9.97 Å². The zero-order valence-electron chi connectivity index (χ0n) is 15.6. The van der Waals surface area contributed by atoms with E-state index in [0.29, 0.717) is 26.0 Å². The van der Waals surface area contributed by atoms with Gasteiger partial charge in [0, 0.05) is 13.1 Å². The number of hydrogen-bond acceptors (Lipinski definition) is 5. The van der Waals surface area contributed by atoms with Gasteiger partial charge in [-0.1, -0.05) is 30.3 Å². The van der Waals surface area contributed by atoms with Crippen LogP contribution in [0.4, 0.5) is 5.82 Å². The number of aliphatic carboxylic acids is 1. The Labute approximate surface area is 163 Å². The molecule has 0 bridgehead atoms. The molecule has 4 rings (SSSR count). The van der Waals surface area contributed by atoms with Crippen molar-refractivity contribution in [2.75, 3.05) is 24.6 Å². The molecule has 1 aliphatic heterocycles. The Morgan fingerprint density at radius 1 is 1.11 bits per heavy atom. The fourth-order valence-corrected chi connectivity index (χ4v) is 3.79. The second-order valence-electron chi connectivity index (χ2n) is 7.24. The standard InChI is InChI=1S/C22H23N3O3/c26-21(27)22(12-14-28-17-7-2-1-3-8-17)11-6-13-25(16-22)20-15-23-18-9-4-5-10-19(18)24-20/h1-5,7-10,15H,6,11-14,16H2,(H,26,27). The first-order valence-electron chi connectivity index (χ1n) is 9.54. The normalized spacial score (nSPS) is 19.5. The molecule has 1 atom stereocenters. The van der Waals surface area contributed by atoms with Crippen LogP contribution in [0.2, 0.25) is 0 Å². The number of fused-ring (bicyclic) bond motifs is 1. The van der Waals surface area contributed by atoms with E-state index in [-0.39, 0.29) is 0 Å². The molecule has 1 saturated heterocycles. The molecule has 0 amide bonds. The van der Waals surface area contributed by atoms with Crippen LogP contribution >= 0.6 is 0 Å². The SMILES string of the molecule is O=C(O)C1(CCOc2ccccc2)CCCN(c2cnc3ccccc3n2)C1. The molecular formula is C22H23N3O3. The summed E-state index contributed by atoms with van der Waals surface area (Å²) >= 11 is 0. The molecule has 1 aliphatic rings. The predicted octanol–water partition coefficient (Wildman–Crippen LogP) is 3.77. The van der Waals surface area contributed by atoms with Crippen LogP contribution in [0.25, 0.3) is 11.0 Å². The molecule has 2 heterocycles. The van der Waals surface area contributed by atoms with Crippen LogP contribution in [0.15, 0.2) is 60.8 Å². The van der Waals surface area contributed by atoms with Crippen LogP contribution in [0.3, 0.4) is 0 Å². The van der Waals surface area contributed by atoms with E-state index in [1.54, 1.807) is 6.20 Å². The van der Waals surface area contributed by atoms with Crippen molar-refractivity contribution in [3.8, 4) is 5.75 Å². The lowest BCUT2D eigenvalue weighted by Crippen LogP contribution is -2.49. The summed E-state index contributed by atoms with van der Waals surface area (Å²) in [5.74, 6) is 0.715. The van der Waals surface area contributed by atoms with Crippen LogP contribution in [-0.4, -0.2) is 40.7 Å². The maximum absolute atomic E-state index is 12.2. The van der Waals surface area contributed by atoms with Crippen LogP contribution in [0, 0.1) is 5.41 Å². The van der Waals surface area contributed by atoms with Crippen molar-refractivity contribution in [2.24, 2.45) is 5.41 Å². The molecule has 0 spiro atoms. The summed E-state index contributed by atoms with van der Waals surface area (Å²) in [6.45, 7) is 1.56. The second kappa shape index (κ2) is 7.84. The van der Waals surface area contributed by atoms with Gasteiger partial charge in [0.2, 0.25) is 0 Å². The summed E-state index contributed by atoms with van der Waals surface area (Å²) < 4.78 is 5.77. The number of para-hydroxylation sites is 3. The third-order valence-corrected chi connectivity index (χ3v) is 5.38. The van der Waals surface area contributed by atoms with Crippen LogP contribution < -0.4 is 9.64 Å². The quantitative estimate of drug-likeness (QED) is 0.705. The van der Waals surface area contributed by atoms with E-state index in [2.05, 4.69) is 4.98 Å². The highest BCUT2D eigenvalue weighted by atomic mass is 16.5. The Kier molecular flexibility index (Phi) is 5.10. The molecule has 1 N–H and O–H groups in total. The fourth-order valence-electron chi connectivity index (χ4n) is 3.79. The molecule has 3 aromatic rings. The van der Waals surface area contributed by atoms with Gasteiger partial charge in [0.1, 0.15) is 11.6 Å². The minimum Gasteiger partial charge on any atom is -0.494 e. The van der Waals surface area contributed by atoms with Crippen LogP contribution in [0.5, 0.6) is 5.75 Å². The van der Waals surface area contributed by atoms with Gasteiger partial charge in [-0.2, -0.15) is 0 Å². The molecule has 28 heavy (non-hydrogen) atoms. The molecule has 2 aromatic carbocycles. The summed E-state index contributed by atoms with van der Waals surface area (Å²) in [4.78, 5) is 23.4. The van der Waals surface area contributed by atoms with Gasteiger partial charge in [0.15, 0.2) is 0 Å². The Balaban J connectivity index is 1.50. The molecule has 144 valence electrons. The molecule has 0 saturated carbocycles. The van der Waals surface area contributed by atoms with Gasteiger partial charge < -0.3 is 14.7 Å². The fraction of sp³-hybridized carbons (Fsp3) is 0.318. The molecule has 0 radical (unpaired) electrons. The number of carbonyl (C=O) groups is 1. The topological polar surface area (TPSA) is 75.6 Å². The number of carboxylic acids is 1. The van der Waals surface area contributed by atoms with E-state index in [4.69, 9.17) is 9.72 Å². The average molecular weight is 377 g/mol. The van der Waals surface area contributed by atoms with Crippen molar-refractivity contribution in [2.45, 2.75) is 19.3 Å². The van der Waals surface area contributed by atoms with Gasteiger partial charge >= 0.3 is 5.97 Å². The molecule has 1 aromatic heterocycles. The lowest BCUT2D eigenvalue weighted by molar-refractivity contribution is -0.150. The molecule has 6 heteroatoms. The van der Waals surface area contributed by atoms with Gasteiger partial charge in [-0.15, -0.1) is 0 Å². The monoisotopic (exact) mass is 377 g/mol. The minimum atomic E-state index is -0.847. The summed E-state index contributed by atoms with van der Waals surface area (Å²) in [5.41, 5.74) is 0.809. The third kappa shape index (κ3) is 3.76. The van der Waals surface area contributed by atoms with Crippen molar-refractivity contribution in [3.63, 3.8) is 0 Å². The van der Waals surface area contributed by atoms with Gasteiger partial charge in [-0.25, -0.2) is 4.98 Å². The van der Waals surface area contributed by atoms with Gasteiger partial charge in [0.05, 0.1) is 29.3 Å². The predicted molar refractivity (Wildman–Crippen MR) is 108 cm³/mol. The summed E-state index contributed by atoms with van der Waals surface area (Å²) in [5, 5.41) is 10.0. The van der Waals surface area contributed by atoms with Crippen molar-refractivity contribution in [1.29, 1.82) is 0 Å². The number of benzene rings is 2. The summed E-state index contributed by atoms with van der Waals surface area (Å²) in [6, 6.07) is 17.2. The molecule has 0 aliphatic carbocycles. The summed E-state index contributed by atoms with van der Waals surface area (Å²) in [7, 11) is 0. The van der Waals surface area contributed by atoms with Gasteiger partial charge in [0.25, 0.3) is 0 Å². The van der Waals surface area contributed by atoms with Crippen molar-refractivity contribution >= 4 is 22.8 Å². The van der Waals surface area contributed by atoms with E-state index in [1.807, 2.05) is 59.5 Å². The highest BCUT2D eigenvalue weighted by molar-refractivity contribution is 5.77. The number of aromatic nitrogens is 2. The third-order valence-electron chi connectivity index (χ3n) is 5.38. The van der Waals surface area contributed by atoms with E-state index >= 15 is 0 Å². The Morgan fingerprint density at radius 2 is 1.86 bits per heavy atom. The maximum atomic E-state index is 12.2. The first-order chi connectivity index (χ1) is 13.7. The number of rotatable bonds is 6. The smallest absolute Gasteiger partial charge is 0.311 e. The first kappa shape index (κ1) is 18.2. The number of piperidine rings is 1. The highest BCUT2D eigenvalue weighted by Crippen LogP contribution is 2.36. The van der Waals surface area contributed by atoms with Crippen LogP contribution in [-0.2, 0) is 4.79 Å². The number of hydrogen-bond donors (Lipinski definition) is 1. The lowest BCUT2D eigenvalue weighted by Gasteiger charge is -2.40. The molecular weight excluding hydrogens is 354 g/mol. The van der Waals surface area contributed by atoms with Crippen molar-refractivity contribution in [3.05, 3.63) is 60.8 Å². The Hall–Kier alpha value is -3.15. The largest absolute Gasteiger partial charge is 0.494 e. The zero-order valence-corrected chi connectivity index (χ0v) is 15.6. The average Bonchev–Trinajstić information content (AvgIpc) is 2.74.